The summed E-state index contributed by atoms with van der Waals surface area (Å²) in [5.74, 6) is 1.98. The van der Waals surface area contributed by atoms with Crippen LogP contribution in [0.15, 0.2) is 48.0 Å². The lowest BCUT2D eigenvalue weighted by Crippen LogP contribution is -1.93. The van der Waals surface area contributed by atoms with E-state index in [-0.39, 0.29) is 0 Å². The molecule has 2 aliphatic rings. The first-order chi connectivity index (χ1) is 6.45. The van der Waals surface area contributed by atoms with Gasteiger partial charge in [-0.2, -0.15) is 0 Å². The Labute approximate surface area is 79.1 Å². The second kappa shape index (κ2) is 4.13. The molecule has 0 bridgehead atoms. The van der Waals surface area contributed by atoms with E-state index in [1.165, 1.54) is 0 Å². The summed E-state index contributed by atoms with van der Waals surface area (Å²) in [4.78, 5) is 0. The molecule has 0 spiro atoms. The van der Waals surface area contributed by atoms with Crippen LogP contribution in [0, 0.1) is 0 Å². The van der Waals surface area contributed by atoms with Crippen LogP contribution in [0.4, 0.5) is 0 Å². The summed E-state index contributed by atoms with van der Waals surface area (Å²) in [7, 11) is 0. The predicted octanol–water partition coefficient (Wildman–Crippen LogP) is 3.47. The van der Waals surface area contributed by atoms with Gasteiger partial charge in [0, 0.05) is 0 Å². The van der Waals surface area contributed by atoms with Gasteiger partial charge in [0.15, 0.2) is 0 Å². The van der Waals surface area contributed by atoms with Crippen molar-refractivity contribution in [3.63, 3.8) is 0 Å². The average Bonchev–Trinajstić information content (AvgIpc) is 2.21. The fraction of sp³-hybridized carbons (Fsp3) is 0.333. The van der Waals surface area contributed by atoms with Crippen molar-refractivity contribution in [3.8, 4) is 0 Å². The zero-order chi connectivity index (χ0) is 8.93. The Hall–Kier alpha value is -1.24. The van der Waals surface area contributed by atoms with Crippen molar-refractivity contribution in [2.24, 2.45) is 0 Å². The minimum Gasteiger partial charge on any atom is -0.458 e. The quantitative estimate of drug-likeness (QED) is 0.622. The van der Waals surface area contributed by atoms with Gasteiger partial charge in [0.2, 0.25) is 0 Å². The van der Waals surface area contributed by atoms with E-state index in [1.54, 1.807) is 0 Å². The molecule has 0 fully saturated rings. The molecule has 0 atom stereocenters. The van der Waals surface area contributed by atoms with Gasteiger partial charge in [-0.15, -0.1) is 0 Å². The van der Waals surface area contributed by atoms with Gasteiger partial charge in [0.25, 0.3) is 0 Å². The zero-order valence-electron chi connectivity index (χ0n) is 7.70. The Morgan fingerprint density at radius 1 is 0.769 bits per heavy atom. The molecule has 0 unspecified atom stereocenters. The van der Waals surface area contributed by atoms with Crippen LogP contribution in [-0.2, 0) is 4.74 Å². The smallest absolute Gasteiger partial charge is 0.123 e. The van der Waals surface area contributed by atoms with Gasteiger partial charge in [0.1, 0.15) is 11.5 Å². The summed E-state index contributed by atoms with van der Waals surface area (Å²) in [6.45, 7) is 0. The molecule has 0 aromatic rings. The topological polar surface area (TPSA) is 9.23 Å². The van der Waals surface area contributed by atoms with Crippen LogP contribution in [-0.4, -0.2) is 0 Å². The highest BCUT2D eigenvalue weighted by atomic mass is 16.5. The van der Waals surface area contributed by atoms with Gasteiger partial charge in [-0.25, -0.2) is 0 Å². The Morgan fingerprint density at radius 2 is 1.31 bits per heavy atom. The Morgan fingerprint density at radius 3 is 1.69 bits per heavy atom. The Balaban J connectivity index is 1.97. The molecular formula is C12H14O. The Bertz CT molecular complexity index is 262. The molecule has 68 valence electrons. The maximum Gasteiger partial charge on any atom is 0.123 e. The van der Waals surface area contributed by atoms with Crippen LogP contribution in [0.3, 0.4) is 0 Å². The number of allylic oxidation sites excluding steroid dienone is 6. The van der Waals surface area contributed by atoms with Gasteiger partial charge in [-0.3, -0.25) is 0 Å². The largest absolute Gasteiger partial charge is 0.458 e. The standard InChI is InChI=1S/C12H14O/c1-3-7-11(8-4-1)13-12-9-5-2-6-10-12/h3,5,7-10H,1-2,4,6H2. The molecular weight excluding hydrogens is 160 g/mol. The average molecular weight is 174 g/mol. The monoisotopic (exact) mass is 174 g/mol. The third-order valence-electron chi connectivity index (χ3n) is 2.16. The molecule has 0 heterocycles. The van der Waals surface area contributed by atoms with Gasteiger partial charge < -0.3 is 4.74 Å². The van der Waals surface area contributed by atoms with Crippen molar-refractivity contribution in [3.05, 3.63) is 48.0 Å². The molecule has 1 heteroatoms. The number of ether oxygens (including phenoxy) is 1. The van der Waals surface area contributed by atoms with Crippen LogP contribution < -0.4 is 0 Å². The normalized spacial score (nSPS) is 20.9. The van der Waals surface area contributed by atoms with Gasteiger partial charge >= 0.3 is 0 Å². The zero-order valence-corrected chi connectivity index (χ0v) is 7.70. The molecule has 0 aromatic carbocycles. The van der Waals surface area contributed by atoms with E-state index in [4.69, 9.17) is 4.74 Å². The molecule has 0 aliphatic heterocycles. The highest BCUT2D eigenvalue weighted by Crippen LogP contribution is 2.18. The highest BCUT2D eigenvalue weighted by Gasteiger charge is 2.02. The van der Waals surface area contributed by atoms with E-state index < -0.39 is 0 Å². The van der Waals surface area contributed by atoms with Crippen LogP contribution >= 0.6 is 0 Å². The predicted molar refractivity (Wildman–Crippen MR) is 54.0 cm³/mol. The summed E-state index contributed by atoms with van der Waals surface area (Å²) in [6, 6.07) is 0. The first-order valence-electron chi connectivity index (χ1n) is 4.86. The van der Waals surface area contributed by atoms with Crippen LogP contribution in [0.2, 0.25) is 0 Å². The SMILES string of the molecule is C1=CC(OC2=CCCC=C2)=CCC1. The lowest BCUT2D eigenvalue weighted by molar-refractivity contribution is 0.329. The highest BCUT2D eigenvalue weighted by molar-refractivity contribution is 5.23. The number of hydrogen-bond acceptors (Lipinski definition) is 1. The molecule has 13 heavy (non-hydrogen) atoms. The molecule has 2 aliphatic carbocycles. The van der Waals surface area contributed by atoms with E-state index in [0.717, 1.165) is 37.2 Å². The van der Waals surface area contributed by atoms with Gasteiger partial charge in [0.05, 0.1) is 0 Å². The lowest BCUT2D eigenvalue weighted by atomic mass is 10.1. The van der Waals surface area contributed by atoms with Crippen LogP contribution in [0.1, 0.15) is 25.7 Å². The van der Waals surface area contributed by atoms with Crippen molar-refractivity contribution >= 4 is 0 Å². The number of hydrogen-bond donors (Lipinski definition) is 0. The van der Waals surface area contributed by atoms with E-state index in [9.17, 15) is 0 Å². The summed E-state index contributed by atoms with van der Waals surface area (Å²) < 4.78 is 5.68. The molecule has 0 radical (unpaired) electrons. The second-order valence-corrected chi connectivity index (χ2v) is 3.27. The van der Waals surface area contributed by atoms with E-state index in [2.05, 4.69) is 24.3 Å². The first kappa shape index (κ1) is 8.36. The molecule has 0 saturated heterocycles. The maximum absolute atomic E-state index is 5.68. The molecule has 0 aromatic heterocycles. The summed E-state index contributed by atoms with van der Waals surface area (Å²) in [5, 5.41) is 0. The van der Waals surface area contributed by atoms with Crippen molar-refractivity contribution < 1.29 is 4.74 Å². The second-order valence-electron chi connectivity index (χ2n) is 3.27. The van der Waals surface area contributed by atoms with Gasteiger partial charge in [-0.05, 0) is 50.0 Å². The van der Waals surface area contributed by atoms with Gasteiger partial charge in [-0.1, -0.05) is 12.2 Å². The molecule has 0 N–H and O–H groups in total. The van der Waals surface area contributed by atoms with E-state index in [1.807, 2.05) is 12.2 Å². The van der Waals surface area contributed by atoms with Crippen molar-refractivity contribution in [1.82, 2.24) is 0 Å². The van der Waals surface area contributed by atoms with Crippen LogP contribution in [0.5, 0.6) is 0 Å². The minimum absolute atomic E-state index is 0.990. The first-order valence-corrected chi connectivity index (χ1v) is 4.86. The molecule has 1 nitrogen and oxygen atoms in total. The maximum atomic E-state index is 5.68. The van der Waals surface area contributed by atoms with E-state index >= 15 is 0 Å². The van der Waals surface area contributed by atoms with Crippen molar-refractivity contribution in [2.45, 2.75) is 25.7 Å². The summed E-state index contributed by atoms with van der Waals surface area (Å²) in [5.41, 5.74) is 0. The Kier molecular flexibility index (Phi) is 2.65. The third-order valence-corrected chi connectivity index (χ3v) is 2.16. The summed E-state index contributed by atoms with van der Waals surface area (Å²) >= 11 is 0. The third kappa shape index (κ3) is 2.35. The minimum atomic E-state index is 0.990. The molecule has 0 amide bonds. The number of rotatable bonds is 2. The fourth-order valence-electron chi connectivity index (χ4n) is 1.47. The van der Waals surface area contributed by atoms with Crippen molar-refractivity contribution in [1.29, 1.82) is 0 Å². The lowest BCUT2D eigenvalue weighted by Gasteiger charge is -2.11. The van der Waals surface area contributed by atoms with Crippen LogP contribution in [0.25, 0.3) is 0 Å². The fourth-order valence-corrected chi connectivity index (χ4v) is 1.47. The van der Waals surface area contributed by atoms with Crippen molar-refractivity contribution in [2.75, 3.05) is 0 Å². The molecule has 2 rings (SSSR count). The van der Waals surface area contributed by atoms with E-state index in [0.29, 0.717) is 0 Å². The summed E-state index contributed by atoms with van der Waals surface area (Å²) in [6.07, 6.45) is 17.2. The molecule has 0 saturated carbocycles.